The van der Waals surface area contributed by atoms with Crippen molar-refractivity contribution in [2.24, 2.45) is 5.73 Å². The van der Waals surface area contributed by atoms with Crippen LogP contribution in [0.2, 0.25) is 5.02 Å². The van der Waals surface area contributed by atoms with Gasteiger partial charge >= 0.3 is 6.03 Å². The highest BCUT2D eigenvalue weighted by Gasteiger charge is 2.10. The predicted octanol–water partition coefficient (Wildman–Crippen LogP) is 1.42. The summed E-state index contributed by atoms with van der Waals surface area (Å²) in [5, 5.41) is 0.280. The summed E-state index contributed by atoms with van der Waals surface area (Å²) >= 11 is 8.97. The lowest BCUT2D eigenvalue weighted by molar-refractivity contribution is 0.0937. The second-order valence-corrected chi connectivity index (χ2v) is 3.89. The van der Waals surface area contributed by atoms with Gasteiger partial charge in [0.25, 0.3) is 5.91 Å². The third kappa shape index (κ3) is 3.41. The molecule has 15 heavy (non-hydrogen) atoms. The zero-order chi connectivity index (χ0) is 11.4. The molecule has 7 heteroatoms. The van der Waals surface area contributed by atoms with Gasteiger partial charge in [0.2, 0.25) is 0 Å². The minimum atomic E-state index is -0.852. The molecule has 0 saturated carbocycles. The van der Waals surface area contributed by atoms with E-state index >= 15 is 0 Å². The molecular formula is C8H7BrClN3O2. The molecule has 0 atom stereocenters. The van der Waals surface area contributed by atoms with Crippen LogP contribution in [0.15, 0.2) is 22.7 Å². The van der Waals surface area contributed by atoms with E-state index in [4.69, 9.17) is 17.3 Å². The lowest BCUT2D eigenvalue weighted by Gasteiger charge is -2.06. The Kier molecular flexibility index (Phi) is 3.93. The highest BCUT2D eigenvalue weighted by molar-refractivity contribution is 9.10. The van der Waals surface area contributed by atoms with Crippen LogP contribution in [0.5, 0.6) is 0 Å². The Hall–Kier alpha value is -1.27. The Morgan fingerprint density at radius 3 is 2.60 bits per heavy atom. The molecule has 0 aromatic heterocycles. The van der Waals surface area contributed by atoms with Gasteiger partial charge in [0.05, 0.1) is 10.6 Å². The van der Waals surface area contributed by atoms with Crippen molar-refractivity contribution in [1.29, 1.82) is 0 Å². The van der Waals surface area contributed by atoms with Gasteiger partial charge < -0.3 is 5.73 Å². The molecule has 0 aliphatic rings. The molecule has 0 fully saturated rings. The van der Waals surface area contributed by atoms with Crippen LogP contribution in [0, 0.1) is 0 Å². The molecule has 0 unspecified atom stereocenters. The van der Waals surface area contributed by atoms with Crippen LogP contribution in [0.25, 0.3) is 0 Å². The number of carbonyl (C=O) groups excluding carboxylic acids is 2. The molecule has 0 aliphatic heterocycles. The second-order valence-electron chi connectivity index (χ2n) is 2.57. The Balaban J connectivity index is 2.81. The third-order valence-electron chi connectivity index (χ3n) is 1.47. The van der Waals surface area contributed by atoms with E-state index in [9.17, 15) is 9.59 Å². The van der Waals surface area contributed by atoms with E-state index in [1.165, 1.54) is 6.07 Å². The first kappa shape index (κ1) is 11.8. The first-order valence-corrected chi connectivity index (χ1v) is 4.98. The fourth-order valence-electron chi connectivity index (χ4n) is 0.857. The smallest absolute Gasteiger partial charge is 0.330 e. The van der Waals surface area contributed by atoms with Crippen LogP contribution in [0.1, 0.15) is 10.4 Å². The predicted molar refractivity (Wildman–Crippen MR) is 59.3 cm³/mol. The van der Waals surface area contributed by atoms with E-state index in [1.54, 1.807) is 12.1 Å². The highest BCUT2D eigenvalue weighted by atomic mass is 79.9. The van der Waals surface area contributed by atoms with E-state index in [-0.39, 0.29) is 10.6 Å². The van der Waals surface area contributed by atoms with Crippen LogP contribution >= 0.6 is 27.5 Å². The summed E-state index contributed by atoms with van der Waals surface area (Å²) in [5.74, 6) is -0.542. The number of nitrogens with two attached hydrogens (primary N) is 1. The maximum atomic E-state index is 11.4. The van der Waals surface area contributed by atoms with Crippen molar-refractivity contribution in [1.82, 2.24) is 10.9 Å². The maximum Gasteiger partial charge on any atom is 0.330 e. The molecule has 1 aromatic rings. The Labute approximate surface area is 99.1 Å². The van der Waals surface area contributed by atoms with Gasteiger partial charge in [-0.05, 0) is 18.2 Å². The van der Waals surface area contributed by atoms with Crippen LogP contribution < -0.4 is 16.6 Å². The van der Waals surface area contributed by atoms with E-state index < -0.39 is 11.9 Å². The normalized spacial score (nSPS) is 9.47. The lowest BCUT2D eigenvalue weighted by Crippen LogP contribution is -2.44. The van der Waals surface area contributed by atoms with Gasteiger partial charge in [-0.2, -0.15) is 0 Å². The van der Waals surface area contributed by atoms with Crippen LogP contribution in [-0.2, 0) is 0 Å². The monoisotopic (exact) mass is 291 g/mol. The molecule has 1 aromatic carbocycles. The van der Waals surface area contributed by atoms with Crippen molar-refractivity contribution in [2.45, 2.75) is 0 Å². The molecule has 0 saturated heterocycles. The SMILES string of the molecule is NC(=O)NNC(=O)c1cc(Br)ccc1Cl. The number of hydrogen-bond acceptors (Lipinski definition) is 2. The topological polar surface area (TPSA) is 84.2 Å². The summed E-state index contributed by atoms with van der Waals surface area (Å²) < 4.78 is 0.705. The van der Waals surface area contributed by atoms with Gasteiger partial charge in [0, 0.05) is 4.47 Å². The average molecular weight is 293 g/mol. The number of benzene rings is 1. The molecule has 80 valence electrons. The highest BCUT2D eigenvalue weighted by Crippen LogP contribution is 2.20. The summed E-state index contributed by atoms with van der Waals surface area (Å²) in [7, 11) is 0. The minimum Gasteiger partial charge on any atom is -0.350 e. The molecule has 4 N–H and O–H groups in total. The lowest BCUT2D eigenvalue weighted by atomic mass is 10.2. The van der Waals surface area contributed by atoms with Gasteiger partial charge in [0.15, 0.2) is 0 Å². The quantitative estimate of drug-likeness (QED) is 0.684. The van der Waals surface area contributed by atoms with E-state index in [1.807, 2.05) is 5.43 Å². The number of halogens is 2. The number of hydrogen-bond donors (Lipinski definition) is 3. The average Bonchev–Trinajstić information content (AvgIpc) is 2.18. The van der Waals surface area contributed by atoms with Gasteiger partial charge in [-0.3, -0.25) is 10.2 Å². The van der Waals surface area contributed by atoms with E-state index in [0.29, 0.717) is 4.47 Å². The third-order valence-corrected chi connectivity index (χ3v) is 2.30. The summed E-state index contributed by atoms with van der Waals surface area (Å²) in [5.41, 5.74) is 9.07. The van der Waals surface area contributed by atoms with Gasteiger partial charge in [-0.15, -0.1) is 0 Å². The molecule has 5 nitrogen and oxygen atoms in total. The molecule has 0 spiro atoms. The standard InChI is InChI=1S/C8H7BrClN3O2/c9-4-1-2-6(10)5(3-4)7(14)12-13-8(11)15/h1-3H,(H,12,14)(H3,11,13,15). The van der Waals surface area contributed by atoms with Crippen molar-refractivity contribution in [2.75, 3.05) is 0 Å². The zero-order valence-electron chi connectivity index (χ0n) is 7.38. The Morgan fingerprint density at radius 1 is 1.33 bits per heavy atom. The molecule has 0 aliphatic carbocycles. The number of carbonyl (C=O) groups is 2. The Morgan fingerprint density at radius 2 is 2.00 bits per heavy atom. The van der Waals surface area contributed by atoms with E-state index in [0.717, 1.165) is 0 Å². The molecule has 0 radical (unpaired) electrons. The largest absolute Gasteiger partial charge is 0.350 e. The Bertz CT molecular complexity index is 411. The molecular weight excluding hydrogens is 285 g/mol. The molecule has 0 heterocycles. The fourth-order valence-corrected chi connectivity index (χ4v) is 1.42. The molecule has 0 bridgehead atoms. The summed E-state index contributed by atoms with van der Waals surface area (Å²) in [4.78, 5) is 21.8. The van der Waals surface area contributed by atoms with Crippen LogP contribution in [-0.4, -0.2) is 11.9 Å². The number of nitrogens with one attached hydrogen (secondary N) is 2. The van der Waals surface area contributed by atoms with Crippen LogP contribution in [0.4, 0.5) is 4.79 Å². The van der Waals surface area contributed by atoms with Crippen molar-refractivity contribution >= 4 is 39.5 Å². The van der Waals surface area contributed by atoms with Gasteiger partial charge in [0.1, 0.15) is 0 Å². The van der Waals surface area contributed by atoms with Crippen molar-refractivity contribution in [3.63, 3.8) is 0 Å². The van der Waals surface area contributed by atoms with Gasteiger partial charge in [-0.25, -0.2) is 10.2 Å². The summed E-state index contributed by atoms with van der Waals surface area (Å²) in [6.07, 6.45) is 0. The van der Waals surface area contributed by atoms with Crippen molar-refractivity contribution < 1.29 is 9.59 Å². The first-order chi connectivity index (χ1) is 7.00. The first-order valence-electron chi connectivity index (χ1n) is 3.81. The number of amides is 3. The number of primary amides is 1. The molecule has 3 amide bonds. The number of rotatable bonds is 1. The van der Waals surface area contributed by atoms with Crippen molar-refractivity contribution in [3.8, 4) is 0 Å². The van der Waals surface area contributed by atoms with Crippen LogP contribution in [0.3, 0.4) is 0 Å². The number of urea groups is 1. The maximum absolute atomic E-state index is 11.4. The summed E-state index contributed by atoms with van der Waals surface area (Å²) in [6.45, 7) is 0. The molecule has 1 rings (SSSR count). The fraction of sp³-hybridized carbons (Fsp3) is 0. The summed E-state index contributed by atoms with van der Waals surface area (Å²) in [6, 6.07) is 3.93. The second kappa shape index (κ2) is 4.99. The van der Waals surface area contributed by atoms with Gasteiger partial charge in [-0.1, -0.05) is 27.5 Å². The van der Waals surface area contributed by atoms with E-state index in [2.05, 4.69) is 21.4 Å². The van der Waals surface area contributed by atoms with Crippen molar-refractivity contribution in [3.05, 3.63) is 33.3 Å². The minimum absolute atomic E-state index is 0.236. The number of hydrazine groups is 1. The zero-order valence-corrected chi connectivity index (χ0v) is 9.72.